The second-order valence-corrected chi connectivity index (χ2v) is 4.32. The Morgan fingerprint density at radius 3 is 2.05 bits per heavy atom. The number of carbonyl (C=O) groups excluding carboxylic acids is 2. The van der Waals surface area contributed by atoms with Gasteiger partial charge in [0.25, 0.3) is 0 Å². The van der Waals surface area contributed by atoms with Crippen molar-refractivity contribution < 1.29 is 25.2 Å². The van der Waals surface area contributed by atoms with Crippen molar-refractivity contribution >= 4 is 11.9 Å². The average Bonchev–Trinajstić information content (AvgIpc) is 2.32. The van der Waals surface area contributed by atoms with E-state index in [1.807, 2.05) is 0 Å². The Morgan fingerprint density at radius 1 is 1.20 bits per heavy atom. The highest BCUT2D eigenvalue weighted by Gasteiger charge is 1.93. The molecule has 0 amide bonds. The Morgan fingerprint density at radius 2 is 1.75 bits per heavy atom. The molecule has 0 saturated carbocycles. The summed E-state index contributed by atoms with van der Waals surface area (Å²) < 4.78 is 4.65. The molecule has 0 rings (SSSR count). The van der Waals surface area contributed by atoms with Gasteiger partial charge in [-0.3, -0.25) is 4.79 Å². The van der Waals surface area contributed by atoms with Gasteiger partial charge in [-0.05, 0) is 32.1 Å². The molecule has 0 aliphatic carbocycles. The van der Waals surface area contributed by atoms with E-state index in [1.165, 1.54) is 13.3 Å². The predicted molar refractivity (Wildman–Crippen MR) is 80.8 cm³/mol. The van der Waals surface area contributed by atoms with Crippen LogP contribution < -0.4 is 10.8 Å². The zero-order chi connectivity index (χ0) is 14.4. The molecule has 1 atom stereocenters. The number of quaternary nitrogens is 1. The fraction of sp³-hybridized carbons (Fsp3) is 0.867. The first kappa shape index (κ1) is 27.3. The van der Waals surface area contributed by atoms with Gasteiger partial charge in [0, 0.05) is 18.8 Å². The Bertz CT molecular complexity index is 198. The predicted octanol–water partition coefficient (Wildman–Crippen LogP) is 1.41. The second kappa shape index (κ2) is 20.2. The van der Waals surface area contributed by atoms with Crippen molar-refractivity contribution in [2.75, 3.05) is 13.2 Å². The zero-order valence-corrected chi connectivity index (χ0v) is 11.9. The maximum absolute atomic E-state index is 10.3. The topological polar surface area (TPSA) is 94.1 Å². The second-order valence-electron chi connectivity index (χ2n) is 4.32. The SMILES string of the molecule is C.C.CC(=O)OCCCCCC(=O)[O-].CCC(C)C[NH3+]. The lowest BCUT2D eigenvalue weighted by Crippen LogP contribution is -2.52. The molecule has 5 nitrogen and oxygen atoms in total. The third-order valence-corrected chi connectivity index (χ3v) is 2.52. The zero-order valence-electron chi connectivity index (χ0n) is 11.9. The fourth-order valence-corrected chi connectivity index (χ4v) is 0.968. The number of hydrogen-bond donors (Lipinski definition) is 1. The summed E-state index contributed by atoms with van der Waals surface area (Å²) in [6.45, 7) is 7.21. The van der Waals surface area contributed by atoms with E-state index in [1.54, 1.807) is 0 Å². The standard InChI is InChI=1S/C8H14O4.C5H13N.2CH4/c1-7(9)12-6-4-2-3-5-8(10)11;1-3-5(2)4-6;;/h2-6H2,1H3,(H,10,11);5H,3-4,6H2,1-2H3;2*1H4. The first-order valence-electron chi connectivity index (χ1n) is 6.56. The molecular weight excluding hydrogens is 258 g/mol. The summed E-state index contributed by atoms with van der Waals surface area (Å²) in [5.41, 5.74) is 3.76. The summed E-state index contributed by atoms with van der Waals surface area (Å²) in [5.74, 6) is -0.498. The van der Waals surface area contributed by atoms with E-state index < -0.39 is 5.97 Å². The quantitative estimate of drug-likeness (QED) is 0.540. The number of hydrogen-bond acceptors (Lipinski definition) is 4. The Hall–Kier alpha value is -1.10. The van der Waals surface area contributed by atoms with E-state index in [2.05, 4.69) is 24.3 Å². The van der Waals surface area contributed by atoms with Gasteiger partial charge in [-0.25, -0.2) is 0 Å². The van der Waals surface area contributed by atoms with Crippen LogP contribution in [0.5, 0.6) is 0 Å². The van der Waals surface area contributed by atoms with E-state index in [9.17, 15) is 14.7 Å². The Balaban J connectivity index is -0.000000139. The van der Waals surface area contributed by atoms with Crippen LogP contribution in [-0.2, 0) is 14.3 Å². The molecule has 0 aromatic carbocycles. The Kier molecular flexibility index (Phi) is 27.6. The first-order chi connectivity index (χ1) is 8.43. The summed E-state index contributed by atoms with van der Waals surface area (Å²) in [7, 11) is 0. The molecule has 124 valence electrons. The summed E-state index contributed by atoms with van der Waals surface area (Å²) >= 11 is 0. The number of carboxylic acid groups (broad SMARTS) is 1. The average molecular weight is 293 g/mol. The van der Waals surface area contributed by atoms with Crippen LogP contribution in [0.2, 0.25) is 0 Å². The molecule has 0 aromatic rings. The van der Waals surface area contributed by atoms with Gasteiger partial charge in [0.1, 0.15) is 0 Å². The van der Waals surface area contributed by atoms with Gasteiger partial charge in [-0.15, -0.1) is 0 Å². The summed E-state index contributed by atoms with van der Waals surface area (Å²) in [6.07, 6.45) is 3.40. The molecule has 0 fully saturated rings. The number of carbonyl (C=O) groups is 2. The molecule has 0 aromatic heterocycles. The lowest BCUT2D eigenvalue weighted by Gasteiger charge is -2.02. The number of carboxylic acids is 1. The molecule has 3 N–H and O–H groups in total. The van der Waals surface area contributed by atoms with Crippen LogP contribution in [0.3, 0.4) is 0 Å². The third-order valence-electron chi connectivity index (χ3n) is 2.52. The first-order valence-corrected chi connectivity index (χ1v) is 6.56. The molecule has 1 unspecified atom stereocenters. The van der Waals surface area contributed by atoms with Crippen molar-refractivity contribution in [3.05, 3.63) is 0 Å². The molecule has 0 spiro atoms. The summed E-state index contributed by atoms with van der Waals surface area (Å²) in [6, 6.07) is 0. The number of aliphatic carboxylic acids is 1. The van der Waals surface area contributed by atoms with Crippen molar-refractivity contribution in [2.45, 2.75) is 67.7 Å². The fourth-order valence-electron chi connectivity index (χ4n) is 0.968. The normalized spacial score (nSPS) is 10.0. The molecule has 20 heavy (non-hydrogen) atoms. The molecule has 0 aliphatic heterocycles. The molecule has 0 radical (unpaired) electrons. The van der Waals surface area contributed by atoms with E-state index >= 15 is 0 Å². The van der Waals surface area contributed by atoms with Gasteiger partial charge in [0.2, 0.25) is 0 Å². The van der Waals surface area contributed by atoms with Gasteiger partial charge >= 0.3 is 5.97 Å². The van der Waals surface area contributed by atoms with Crippen LogP contribution in [-0.4, -0.2) is 25.1 Å². The molecular formula is C15H35NO4. The number of ether oxygens (including phenoxy) is 1. The van der Waals surface area contributed by atoms with Crippen molar-refractivity contribution in [2.24, 2.45) is 5.92 Å². The van der Waals surface area contributed by atoms with E-state index in [4.69, 9.17) is 0 Å². The van der Waals surface area contributed by atoms with Gasteiger partial charge in [-0.2, -0.15) is 0 Å². The lowest BCUT2D eigenvalue weighted by atomic mass is 10.1. The minimum atomic E-state index is -1.03. The van der Waals surface area contributed by atoms with Crippen molar-refractivity contribution in [1.29, 1.82) is 0 Å². The largest absolute Gasteiger partial charge is 0.550 e. The van der Waals surface area contributed by atoms with Crippen LogP contribution in [0.4, 0.5) is 0 Å². The van der Waals surface area contributed by atoms with Gasteiger partial charge in [-0.1, -0.05) is 28.7 Å². The van der Waals surface area contributed by atoms with Crippen LogP contribution >= 0.6 is 0 Å². The smallest absolute Gasteiger partial charge is 0.302 e. The summed E-state index contributed by atoms with van der Waals surface area (Å²) in [5, 5.41) is 9.94. The number of esters is 1. The van der Waals surface area contributed by atoms with Crippen molar-refractivity contribution in [1.82, 2.24) is 0 Å². The molecule has 5 heteroatoms. The Labute approximate surface area is 124 Å². The monoisotopic (exact) mass is 293 g/mol. The number of unbranched alkanes of at least 4 members (excludes halogenated alkanes) is 2. The van der Waals surface area contributed by atoms with E-state index in [-0.39, 0.29) is 27.2 Å². The number of rotatable bonds is 8. The van der Waals surface area contributed by atoms with Gasteiger partial charge in [0.05, 0.1) is 13.2 Å². The van der Waals surface area contributed by atoms with Gasteiger partial charge < -0.3 is 20.4 Å². The highest BCUT2D eigenvalue weighted by atomic mass is 16.5. The minimum Gasteiger partial charge on any atom is -0.550 e. The van der Waals surface area contributed by atoms with Crippen molar-refractivity contribution in [3.63, 3.8) is 0 Å². The highest BCUT2D eigenvalue weighted by Crippen LogP contribution is 1.99. The molecule has 0 saturated heterocycles. The van der Waals surface area contributed by atoms with Gasteiger partial charge in [0.15, 0.2) is 0 Å². The van der Waals surface area contributed by atoms with Crippen LogP contribution in [0.25, 0.3) is 0 Å². The van der Waals surface area contributed by atoms with Crippen LogP contribution in [0.15, 0.2) is 0 Å². The maximum Gasteiger partial charge on any atom is 0.302 e. The molecule has 0 heterocycles. The molecule has 0 bridgehead atoms. The highest BCUT2D eigenvalue weighted by molar-refractivity contribution is 5.65. The minimum absolute atomic E-state index is 0. The summed E-state index contributed by atoms with van der Waals surface area (Å²) in [4.78, 5) is 20.2. The van der Waals surface area contributed by atoms with Crippen molar-refractivity contribution in [3.8, 4) is 0 Å². The van der Waals surface area contributed by atoms with Crippen LogP contribution in [0.1, 0.15) is 67.7 Å². The van der Waals surface area contributed by atoms with Crippen LogP contribution in [0, 0.1) is 5.92 Å². The van der Waals surface area contributed by atoms with E-state index in [0.29, 0.717) is 19.4 Å². The maximum atomic E-state index is 10.3. The van der Waals surface area contributed by atoms with E-state index in [0.717, 1.165) is 18.9 Å². The lowest BCUT2D eigenvalue weighted by molar-refractivity contribution is -0.378. The molecule has 0 aliphatic rings. The third kappa shape index (κ3) is 30.2.